The van der Waals surface area contributed by atoms with Gasteiger partial charge in [0.05, 0.1) is 5.08 Å². The van der Waals surface area contributed by atoms with Gasteiger partial charge in [-0.2, -0.15) is 4.99 Å². The van der Waals surface area contributed by atoms with Gasteiger partial charge in [-0.15, -0.1) is 0 Å². The van der Waals surface area contributed by atoms with E-state index in [1.165, 1.54) is 0 Å². The zero-order valence-electron chi connectivity index (χ0n) is 5.60. The molecule has 0 atom stereocenters. The van der Waals surface area contributed by atoms with Crippen molar-refractivity contribution in [2.75, 3.05) is 5.08 Å². The van der Waals surface area contributed by atoms with Crippen LogP contribution in [0.4, 0.5) is 5.95 Å². The van der Waals surface area contributed by atoms with Gasteiger partial charge in [0.1, 0.15) is 4.38 Å². The lowest BCUT2D eigenvalue weighted by Crippen LogP contribution is -1.97. The summed E-state index contributed by atoms with van der Waals surface area (Å²) in [5.41, 5.74) is 0. The molecule has 0 amide bonds. The van der Waals surface area contributed by atoms with Gasteiger partial charge in [-0.3, -0.25) is 0 Å². The predicted molar refractivity (Wildman–Crippen MR) is 49.2 cm³/mol. The van der Waals surface area contributed by atoms with E-state index < -0.39 is 0 Å². The van der Waals surface area contributed by atoms with E-state index in [9.17, 15) is 0 Å². The molecule has 2 rings (SSSR count). The molecule has 0 radical (unpaired) electrons. The third-order valence-electron chi connectivity index (χ3n) is 1.11. The smallest absolute Gasteiger partial charge is 0.220 e. The maximum atomic E-state index is 4.18. The summed E-state index contributed by atoms with van der Waals surface area (Å²) in [4.78, 5) is 12.1. The molecule has 0 saturated carbocycles. The van der Waals surface area contributed by atoms with Crippen LogP contribution in [0, 0.1) is 0 Å². The SMILES string of the molecule is c1cnc(N=C2SCS2)nc1. The number of hydrogen-bond acceptors (Lipinski definition) is 5. The van der Waals surface area contributed by atoms with E-state index >= 15 is 0 Å². The Morgan fingerprint density at radius 1 is 1.27 bits per heavy atom. The minimum Gasteiger partial charge on any atom is -0.220 e. The highest BCUT2D eigenvalue weighted by molar-refractivity contribution is 8.52. The second kappa shape index (κ2) is 3.23. The minimum atomic E-state index is 0.558. The summed E-state index contributed by atoms with van der Waals surface area (Å²) in [5, 5.41) is 1.10. The van der Waals surface area contributed by atoms with Crippen LogP contribution in [0.3, 0.4) is 0 Å². The summed E-state index contributed by atoms with van der Waals surface area (Å²) in [6, 6.07) is 1.78. The van der Waals surface area contributed by atoms with Gasteiger partial charge >= 0.3 is 0 Å². The Morgan fingerprint density at radius 3 is 2.55 bits per heavy atom. The molecule has 0 spiro atoms. The molecule has 1 aliphatic heterocycles. The van der Waals surface area contributed by atoms with Crippen LogP contribution in [0.15, 0.2) is 23.5 Å². The van der Waals surface area contributed by atoms with Crippen molar-refractivity contribution in [1.29, 1.82) is 0 Å². The van der Waals surface area contributed by atoms with Crippen molar-refractivity contribution in [3.05, 3.63) is 18.5 Å². The molecule has 0 aliphatic carbocycles. The number of aromatic nitrogens is 2. The fourth-order valence-electron chi connectivity index (χ4n) is 0.607. The molecule has 0 unspecified atom stereocenters. The number of thioether (sulfide) groups is 2. The maximum absolute atomic E-state index is 4.18. The first-order valence-electron chi connectivity index (χ1n) is 3.06. The van der Waals surface area contributed by atoms with Crippen molar-refractivity contribution in [2.24, 2.45) is 4.99 Å². The van der Waals surface area contributed by atoms with Gasteiger partial charge in [-0.05, 0) is 6.07 Å². The molecule has 1 fully saturated rings. The van der Waals surface area contributed by atoms with Gasteiger partial charge in [0.2, 0.25) is 0 Å². The van der Waals surface area contributed by atoms with Crippen LogP contribution < -0.4 is 0 Å². The van der Waals surface area contributed by atoms with Gasteiger partial charge in [0.15, 0.2) is 0 Å². The fourth-order valence-corrected chi connectivity index (χ4v) is 1.79. The summed E-state index contributed by atoms with van der Waals surface area (Å²) in [6.07, 6.45) is 3.39. The van der Waals surface area contributed by atoms with Crippen LogP contribution in [-0.4, -0.2) is 19.4 Å². The highest BCUT2D eigenvalue weighted by atomic mass is 32.3. The summed E-state index contributed by atoms with van der Waals surface area (Å²) in [5.74, 6) is 0.558. The number of nitrogens with zero attached hydrogens (tertiary/aromatic N) is 3. The Hall–Kier alpha value is -0.550. The molecule has 3 nitrogen and oxygen atoms in total. The Kier molecular flexibility index (Phi) is 2.09. The van der Waals surface area contributed by atoms with Crippen LogP contribution in [0.25, 0.3) is 0 Å². The Labute approximate surface area is 72.7 Å². The van der Waals surface area contributed by atoms with E-state index in [2.05, 4.69) is 15.0 Å². The molecule has 1 aliphatic rings. The number of rotatable bonds is 1. The first-order valence-corrected chi connectivity index (χ1v) is 5.03. The number of aliphatic imine (C=N–C) groups is 1. The molecule has 0 bridgehead atoms. The van der Waals surface area contributed by atoms with Crippen molar-refractivity contribution in [2.45, 2.75) is 0 Å². The van der Waals surface area contributed by atoms with Crippen LogP contribution in [0.5, 0.6) is 0 Å². The molecule has 56 valence electrons. The Balaban J connectivity index is 2.17. The molecule has 0 N–H and O–H groups in total. The molecule has 11 heavy (non-hydrogen) atoms. The fraction of sp³-hybridized carbons (Fsp3) is 0.167. The summed E-state index contributed by atoms with van der Waals surface area (Å²) in [6.45, 7) is 0. The van der Waals surface area contributed by atoms with E-state index in [1.54, 1.807) is 42.0 Å². The van der Waals surface area contributed by atoms with Crippen LogP contribution in [-0.2, 0) is 0 Å². The molecular weight excluding hydrogens is 178 g/mol. The second-order valence-electron chi connectivity index (χ2n) is 1.83. The topological polar surface area (TPSA) is 38.1 Å². The number of hydrogen-bond donors (Lipinski definition) is 0. The van der Waals surface area contributed by atoms with E-state index in [0.29, 0.717) is 5.95 Å². The monoisotopic (exact) mass is 183 g/mol. The van der Waals surface area contributed by atoms with Gasteiger partial charge < -0.3 is 0 Å². The van der Waals surface area contributed by atoms with Gasteiger partial charge in [0.25, 0.3) is 5.95 Å². The Bertz CT molecular complexity index is 266. The quantitative estimate of drug-likeness (QED) is 0.666. The molecule has 1 saturated heterocycles. The summed E-state index contributed by atoms with van der Waals surface area (Å²) >= 11 is 3.47. The summed E-state index contributed by atoms with van der Waals surface area (Å²) < 4.78 is 1.07. The molecule has 5 heteroatoms. The highest BCUT2D eigenvalue weighted by Gasteiger charge is 2.12. The second-order valence-corrected chi connectivity index (χ2v) is 4.39. The predicted octanol–water partition coefficient (Wildman–Crippen LogP) is 1.90. The highest BCUT2D eigenvalue weighted by Crippen LogP contribution is 2.33. The molecule has 1 aromatic heterocycles. The van der Waals surface area contributed by atoms with Crippen molar-refractivity contribution in [3.8, 4) is 0 Å². The zero-order valence-corrected chi connectivity index (χ0v) is 7.23. The lowest BCUT2D eigenvalue weighted by atomic mass is 10.7. The van der Waals surface area contributed by atoms with Crippen molar-refractivity contribution in [1.82, 2.24) is 9.97 Å². The van der Waals surface area contributed by atoms with Crippen LogP contribution >= 0.6 is 23.5 Å². The third-order valence-corrected chi connectivity index (χ3v) is 3.43. The van der Waals surface area contributed by atoms with Crippen molar-refractivity contribution in [3.63, 3.8) is 0 Å². The average Bonchev–Trinajstić information content (AvgIpc) is 1.99. The van der Waals surface area contributed by atoms with Gasteiger partial charge in [-0.25, -0.2) is 9.97 Å². The lowest BCUT2D eigenvalue weighted by molar-refractivity contribution is 1.14. The molecule has 2 heterocycles. The average molecular weight is 183 g/mol. The molecule has 0 aromatic carbocycles. The van der Waals surface area contributed by atoms with Gasteiger partial charge in [-0.1, -0.05) is 23.5 Å². The Morgan fingerprint density at radius 2 is 2.00 bits per heavy atom. The third kappa shape index (κ3) is 1.72. The van der Waals surface area contributed by atoms with E-state index in [-0.39, 0.29) is 0 Å². The van der Waals surface area contributed by atoms with E-state index in [1.807, 2.05) is 0 Å². The maximum Gasteiger partial charge on any atom is 0.250 e. The first kappa shape index (κ1) is 7.12. The van der Waals surface area contributed by atoms with Gasteiger partial charge in [0, 0.05) is 12.4 Å². The van der Waals surface area contributed by atoms with E-state index in [0.717, 1.165) is 9.46 Å². The standard InChI is InChI=1S/C6H5N3S2/c1-2-7-5(8-3-1)9-6-10-4-11-6/h1-3H,4H2. The minimum absolute atomic E-state index is 0.558. The van der Waals surface area contributed by atoms with Crippen LogP contribution in [0.2, 0.25) is 0 Å². The lowest BCUT2D eigenvalue weighted by Gasteiger charge is -2.11. The first-order chi connectivity index (χ1) is 5.45. The molecule has 1 aromatic rings. The summed E-state index contributed by atoms with van der Waals surface area (Å²) in [7, 11) is 0. The zero-order chi connectivity index (χ0) is 7.52. The largest absolute Gasteiger partial charge is 0.250 e. The van der Waals surface area contributed by atoms with E-state index in [4.69, 9.17) is 0 Å². The normalized spacial score (nSPS) is 15.8. The van der Waals surface area contributed by atoms with Crippen molar-refractivity contribution >= 4 is 33.8 Å². The molecular formula is C6H5N3S2. The van der Waals surface area contributed by atoms with Crippen LogP contribution in [0.1, 0.15) is 0 Å². The van der Waals surface area contributed by atoms with Crippen molar-refractivity contribution < 1.29 is 0 Å².